The lowest BCUT2D eigenvalue weighted by Crippen LogP contribution is -2.58. The average Bonchev–Trinajstić information content (AvgIpc) is 3.22. The van der Waals surface area contributed by atoms with E-state index < -0.39 is 0 Å². The van der Waals surface area contributed by atoms with Gasteiger partial charge in [-0.05, 0) is 31.2 Å². The number of hydrogen-bond donors (Lipinski definition) is 1. The standard InChI is InChI=1S/C21H28N4O/c1-2-4-17(5-3-1)13-25-16-22-12-20(25)14-24-8-9-26-21(15-24)10-18-6-7-19(11-21)23-18/h1-5,12,16,18-19,23H,6-11,13-15H2/t18-,19+,21?. The van der Waals surface area contributed by atoms with Crippen molar-refractivity contribution in [3.63, 3.8) is 0 Å². The van der Waals surface area contributed by atoms with Gasteiger partial charge in [0.25, 0.3) is 0 Å². The molecule has 3 fully saturated rings. The highest BCUT2D eigenvalue weighted by Gasteiger charge is 2.46. The van der Waals surface area contributed by atoms with Crippen molar-refractivity contribution in [1.82, 2.24) is 19.8 Å². The van der Waals surface area contributed by atoms with Crippen LogP contribution in [0, 0.1) is 0 Å². The van der Waals surface area contributed by atoms with E-state index >= 15 is 0 Å². The second kappa shape index (κ2) is 6.80. The molecule has 0 amide bonds. The Hall–Kier alpha value is -1.69. The summed E-state index contributed by atoms with van der Waals surface area (Å²) >= 11 is 0. The molecular weight excluding hydrogens is 324 g/mol. The van der Waals surface area contributed by atoms with Crippen molar-refractivity contribution in [2.75, 3.05) is 19.7 Å². The maximum atomic E-state index is 6.36. The molecule has 5 nitrogen and oxygen atoms in total. The molecule has 26 heavy (non-hydrogen) atoms. The fraction of sp³-hybridized carbons (Fsp3) is 0.571. The number of nitrogens with one attached hydrogen (secondary N) is 1. The zero-order valence-electron chi connectivity index (χ0n) is 15.3. The Balaban J connectivity index is 1.27. The van der Waals surface area contributed by atoms with Gasteiger partial charge in [0.1, 0.15) is 0 Å². The Morgan fingerprint density at radius 2 is 1.92 bits per heavy atom. The summed E-state index contributed by atoms with van der Waals surface area (Å²) in [7, 11) is 0. The lowest BCUT2D eigenvalue weighted by molar-refractivity contribution is -0.133. The van der Waals surface area contributed by atoms with Crippen molar-refractivity contribution in [2.45, 2.75) is 56.5 Å². The SMILES string of the molecule is c1ccc(Cn2cncc2CN2CCOC3(C[C@H]4CC[C@@H](C3)N4)C2)cc1. The summed E-state index contributed by atoms with van der Waals surface area (Å²) in [5.74, 6) is 0. The molecule has 0 radical (unpaired) electrons. The number of hydrogen-bond acceptors (Lipinski definition) is 4. The number of piperidine rings is 1. The van der Waals surface area contributed by atoms with Crippen LogP contribution >= 0.6 is 0 Å². The third-order valence-corrected chi connectivity index (χ3v) is 6.28. The molecule has 4 heterocycles. The number of ether oxygens (including phenoxy) is 1. The van der Waals surface area contributed by atoms with E-state index in [-0.39, 0.29) is 5.60 Å². The average molecular weight is 352 g/mol. The van der Waals surface area contributed by atoms with Crippen molar-refractivity contribution in [2.24, 2.45) is 0 Å². The molecule has 3 aliphatic rings. The van der Waals surface area contributed by atoms with E-state index in [1.807, 2.05) is 12.5 Å². The lowest BCUT2D eigenvalue weighted by Gasteiger charge is -2.47. The Bertz CT molecular complexity index is 731. The van der Waals surface area contributed by atoms with Crippen LogP contribution in [0.15, 0.2) is 42.9 Å². The van der Waals surface area contributed by atoms with Crippen molar-refractivity contribution in [3.8, 4) is 0 Å². The van der Waals surface area contributed by atoms with Gasteiger partial charge in [0.2, 0.25) is 0 Å². The molecule has 138 valence electrons. The van der Waals surface area contributed by atoms with E-state index in [1.165, 1.54) is 36.9 Å². The number of benzene rings is 1. The highest BCUT2D eigenvalue weighted by atomic mass is 16.5. The van der Waals surface area contributed by atoms with Gasteiger partial charge in [-0.2, -0.15) is 0 Å². The first-order valence-corrected chi connectivity index (χ1v) is 9.93. The van der Waals surface area contributed by atoms with E-state index in [1.54, 1.807) is 0 Å². The maximum absolute atomic E-state index is 6.36. The molecule has 3 atom stereocenters. The van der Waals surface area contributed by atoms with Crippen LogP contribution in [0.1, 0.15) is 36.9 Å². The molecule has 0 saturated carbocycles. The van der Waals surface area contributed by atoms with E-state index in [2.05, 4.69) is 50.1 Å². The Morgan fingerprint density at radius 1 is 1.12 bits per heavy atom. The van der Waals surface area contributed by atoms with Gasteiger partial charge in [-0.25, -0.2) is 4.98 Å². The van der Waals surface area contributed by atoms with Gasteiger partial charge in [-0.15, -0.1) is 0 Å². The van der Waals surface area contributed by atoms with E-state index in [0.29, 0.717) is 12.1 Å². The van der Waals surface area contributed by atoms with Gasteiger partial charge in [-0.3, -0.25) is 4.90 Å². The zero-order valence-corrected chi connectivity index (χ0v) is 15.3. The molecule has 1 aromatic carbocycles. The molecule has 3 aliphatic heterocycles. The largest absolute Gasteiger partial charge is 0.372 e. The number of fused-ring (bicyclic) bond motifs is 2. The molecule has 1 aromatic heterocycles. The monoisotopic (exact) mass is 352 g/mol. The molecule has 5 rings (SSSR count). The molecule has 0 aliphatic carbocycles. The first-order chi connectivity index (χ1) is 12.8. The number of nitrogens with zero attached hydrogens (tertiary/aromatic N) is 3. The van der Waals surface area contributed by atoms with Crippen LogP contribution in [0.3, 0.4) is 0 Å². The second-order valence-corrected chi connectivity index (χ2v) is 8.29. The molecule has 1 N–H and O–H groups in total. The van der Waals surface area contributed by atoms with Gasteiger partial charge in [0.15, 0.2) is 0 Å². The summed E-state index contributed by atoms with van der Waals surface area (Å²) in [5.41, 5.74) is 2.68. The molecule has 1 unspecified atom stereocenters. The molecule has 2 aromatic rings. The summed E-state index contributed by atoms with van der Waals surface area (Å²) in [6, 6.07) is 12.0. The van der Waals surface area contributed by atoms with E-state index in [9.17, 15) is 0 Å². The van der Waals surface area contributed by atoms with Crippen LogP contribution in [-0.2, 0) is 17.8 Å². The van der Waals surface area contributed by atoms with Gasteiger partial charge in [0, 0.05) is 44.5 Å². The Labute approximate surface area is 155 Å². The Morgan fingerprint density at radius 3 is 2.73 bits per heavy atom. The van der Waals surface area contributed by atoms with Crippen LogP contribution in [-0.4, -0.2) is 51.8 Å². The topological polar surface area (TPSA) is 42.3 Å². The lowest BCUT2D eigenvalue weighted by atomic mass is 9.85. The summed E-state index contributed by atoms with van der Waals surface area (Å²) in [4.78, 5) is 6.99. The molecule has 2 bridgehead atoms. The minimum Gasteiger partial charge on any atom is -0.372 e. The number of rotatable bonds is 4. The quantitative estimate of drug-likeness (QED) is 0.918. The molecule has 1 spiro atoms. The molecular formula is C21H28N4O. The minimum atomic E-state index is 0.0691. The van der Waals surface area contributed by atoms with Gasteiger partial charge < -0.3 is 14.6 Å². The van der Waals surface area contributed by atoms with Gasteiger partial charge >= 0.3 is 0 Å². The fourth-order valence-corrected chi connectivity index (χ4v) is 5.14. The molecule has 3 saturated heterocycles. The summed E-state index contributed by atoms with van der Waals surface area (Å²) < 4.78 is 8.64. The van der Waals surface area contributed by atoms with Crippen molar-refractivity contribution in [3.05, 3.63) is 54.1 Å². The van der Waals surface area contributed by atoms with Crippen LogP contribution in [0.25, 0.3) is 0 Å². The van der Waals surface area contributed by atoms with Crippen LogP contribution in [0.2, 0.25) is 0 Å². The molecule has 5 heteroatoms. The number of aromatic nitrogens is 2. The normalized spacial score (nSPS) is 31.5. The number of morpholine rings is 1. The third kappa shape index (κ3) is 3.31. The number of imidazole rings is 1. The Kier molecular flexibility index (Phi) is 4.31. The first kappa shape index (κ1) is 16.5. The highest BCUT2D eigenvalue weighted by molar-refractivity contribution is 5.16. The van der Waals surface area contributed by atoms with E-state index in [0.717, 1.165) is 32.8 Å². The van der Waals surface area contributed by atoms with Crippen LogP contribution in [0.5, 0.6) is 0 Å². The van der Waals surface area contributed by atoms with Crippen molar-refractivity contribution in [1.29, 1.82) is 0 Å². The van der Waals surface area contributed by atoms with E-state index in [4.69, 9.17) is 4.74 Å². The third-order valence-electron chi connectivity index (χ3n) is 6.28. The summed E-state index contributed by atoms with van der Waals surface area (Å²) in [5, 5.41) is 3.75. The second-order valence-electron chi connectivity index (χ2n) is 8.29. The smallest absolute Gasteiger partial charge is 0.0951 e. The minimum absolute atomic E-state index is 0.0691. The highest BCUT2D eigenvalue weighted by Crippen LogP contribution is 2.38. The van der Waals surface area contributed by atoms with Crippen LogP contribution < -0.4 is 5.32 Å². The van der Waals surface area contributed by atoms with Gasteiger partial charge in [-0.1, -0.05) is 30.3 Å². The van der Waals surface area contributed by atoms with Gasteiger partial charge in [0.05, 0.1) is 24.2 Å². The van der Waals surface area contributed by atoms with Crippen molar-refractivity contribution < 1.29 is 4.74 Å². The summed E-state index contributed by atoms with van der Waals surface area (Å²) in [6.07, 6.45) is 8.96. The zero-order chi connectivity index (χ0) is 17.4. The fourth-order valence-electron chi connectivity index (χ4n) is 5.14. The first-order valence-electron chi connectivity index (χ1n) is 9.93. The summed E-state index contributed by atoms with van der Waals surface area (Å²) in [6.45, 7) is 4.77. The van der Waals surface area contributed by atoms with Crippen LogP contribution in [0.4, 0.5) is 0 Å². The maximum Gasteiger partial charge on any atom is 0.0951 e. The predicted molar refractivity (Wildman–Crippen MR) is 101 cm³/mol. The van der Waals surface area contributed by atoms with Crippen molar-refractivity contribution >= 4 is 0 Å². The predicted octanol–water partition coefficient (Wildman–Crippen LogP) is 2.42.